The monoisotopic (exact) mass is 441 g/mol. The van der Waals surface area contributed by atoms with Gasteiger partial charge in [-0.2, -0.15) is 0 Å². The summed E-state index contributed by atoms with van der Waals surface area (Å²) < 4.78 is 10.8. The number of rotatable bonds is 7. The van der Waals surface area contributed by atoms with Crippen LogP contribution in [0.3, 0.4) is 0 Å². The van der Waals surface area contributed by atoms with Gasteiger partial charge in [0.1, 0.15) is 6.10 Å². The van der Waals surface area contributed by atoms with Crippen molar-refractivity contribution in [3.8, 4) is 0 Å². The maximum atomic E-state index is 12.4. The summed E-state index contributed by atoms with van der Waals surface area (Å²) in [7, 11) is 0. The van der Waals surface area contributed by atoms with Crippen LogP contribution in [0.1, 0.15) is 61.2 Å². The van der Waals surface area contributed by atoms with Crippen LogP contribution in [0.15, 0.2) is 40.3 Å². The summed E-state index contributed by atoms with van der Waals surface area (Å²) in [6.07, 6.45) is 5.81. The van der Waals surface area contributed by atoms with Gasteiger partial charge in [0.2, 0.25) is 0 Å². The largest absolute Gasteiger partial charge is 0.462 e. The number of ether oxygens (including phenoxy) is 1. The van der Waals surface area contributed by atoms with Crippen LogP contribution >= 0.6 is 11.3 Å². The van der Waals surface area contributed by atoms with Gasteiger partial charge in [-0.05, 0) is 49.3 Å². The minimum Gasteiger partial charge on any atom is -0.462 e. The maximum absolute atomic E-state index is 12.4. The number of nitrogens with one attached hydrogen (secondary N) is 2. The standard InChI is InChI=1S/C21H23N5O4S/c1-2-17(27)29-16-9-5-14(6-10-16)13-3-7-15(8-4-13)23-18(28)19-25-26-20(30-19)24-21-22-11-12-31-21/h3-4,7-8,11-12,14,16H,2,5-6,9-10H2,1H3,(H,23,28)(H,22,24,26). The van der Waals surface area contributed by atoms with Crippen molar-refractivity contribution in [3.63, 3.8) is 0 Å². The van der Waals surface area contributed by atoms with Crippen molar-refractivity contribution < 1.29 is 18.7 Å². The predicted molar refractivity (Wildman–Crippen MR) is 115 cm³/mol. The molecule has 3 aromatic rings. The highest BCUT2D eigenvalue weighted by atomic mass is 32.1. The van der Waals surface area contributed by atoms with Gasteiger partial charge >= 0.3 is 23.8 Å². The van der Waals surface area contributed by atoms with Gasteiger partial charge in [0.25, 0.3) is 0 Å². The first-order valence-corrected chi connectivity index (χ1v) is 11.1. The van der Waals surface area contributed by atoms with Crippen LogP contribution in [0.25, 0.3) is 0 Å². The van der Waals surface area contributed by atoms with Gasteiger partial charge in [-0.1, -0.05) is 24.2 Å². The molecule has 1 amide bonds. The number of nitrogens with zero attached hydrogens (tertiary/aromatic N) is 3. The van der Waals surface area contributed by atoms with Crippen LogP contribution < -0.4 is 10.6 Å². The van der Waals surface area contributed by atoms with E-state index in [0.717, 1.165) is 25.7 Å². The highest BCUT2D eigenvalue weighted by Crippen LogP contribution is 2.34. The molecule has 31 heavy (non-hydrogen) atoms. The molecule has 0 aliphatic heterocycles. The number of thiazole rings is 1. The number of hydrogen-bond donors (Lipinski definition) is 2. The lowest BCUT2D eigenvalue weighted by molar-refractivity contribution is -0.150. The Morgan fingerprint density at radius 1 is 1.16 bits per heavy atom. The Kier molecular flexibility index (Phi) is 6.56. The molecule has 9 nitrogen and oxygen atoms in total. The number of esters is 1. The van der Waals surface area contributed by atoms with E-state index in [9.17, 15) is 9.59 Å². The molecule has 1 aliphatic carbocycles. The molecule has 0 radical (unpaired) electrons. The summed E-state index contributed by atoms with van der Waals surface area (Å²) in [5.74, 6) is -0.318. The molecule has 2 aromatic heterocycles. The van der Waals surface area contributed by atoms with Crippen molar-refractivity contribution in [1.29, 1.82) is 0 Å². The minimum atomic E-state index is -0.481. The van der Waals surface area contributed by atoms with Crippen LogP contribution in [0.4, 0.5) is 16.8 Å². The third-order valence-corrected chi connectivity index (χ3v) is 5.85. The molecular formula is C21H23N5O4S. The second kappa shape index (κ2) is 9.69. The highest BCUT2D eigenvalue weighted by molar-refractivity contribution is 7.13. The number of anilines is 3. The van der Waals surface area contributed by atoms with Crippen molar-refractivity contribution in [2.45, 2.75) is 51.0 Å². The summed E-state index contributed by atoms with van der Waals surface area (Å²) in [6.45, 7) is 1.81. The first-order valence-electron chi connectivity index (χ1n) is 10.2. The van der Waals surface area contributed by atoms with E-state index in [1.54, 1.807) is 6.20 Å². The van der Waals surface area contributed by atoms with Gasteiger partial charge in [-0.3, -0.25) is 14.9 Å². The van der Waals surface area contributed by atoms with Crippen LogP contribution in [0.2, 0.25) is 0 Å². The lowest BCUT2D eigenvalue weighted by Crippen LogP contribution is -2.23. The van der Waals surface area contributed by atoms with E-state index in [2.05, 4.69) is 25.8 Å². The van der Waals surface area contributed by atoms with Gasteiger partial charge in [-0.25, -0.2) is 4.98 Å². The SMILES string of the molecule is CCC(=O)OC1CCC(c2ccc(NC(=O)c3nnc(Nc4nccs4)o3)cc2)CC1. The molecule has 0 bridgehead atoms. The minimum absolute atomic E-state index is 0.0339. The van der Waals surface area contributed by atoms with Gasteiger partial charge < -0.3 is 14.5 Å². The van der Waals surface area contributed by atoms with Crippen LogP contribution in [0, 0.1) is 0 Å². The molecule has 1 saturated carbocycles. The van der Waals surface area contributed by atoms with Gasteiger partial charge in [0.05, 0.1) is 0 Å². The fourth-order valence-corrected chi connectivity index (χ4v) is 4.07. The fourth-order valence-electron chi connectivity index (χ4n) is 3.55. The van der Waals surface area contributed by atoms with Crippen molar-refractivity contribution in [2.24, 2.45) is 0 Å². The normalized spacial score (nSPS) is 18.4. The molecule has 10 heteroatoms. The summed E-state index contributed by atoms with van der Waals surface area (Å²) >= 11 is 1.38. The Balaban J connectivity index is 1.29. The Bertz CT molecular complexity index is 1010. The van der Waals surface area contributed by atoms with E-state index in [0.29, 0.717) is 23.2 Å². The molecule has 0 saturated heterocycles. The number of carbonyl (C=O) groups is 2. The van der Waals surface area contributed by atoms with Gasteiger partial charge in [0, 0.05) is 23.7 Å². The molecule has 4 rings (SSSR count). The van der Waals surface area contributed by atoms with Gasteiger partial charge in [0.15, 0.2) is 5.13 Å². The highest BCUT2D eigenvalue weighted by Gasteiger charge is 2.24. The zero-order valence-electron chi connectivity index (χ0n) is 17.0. The Morgan fingerprint density at radius 3 is 2.61 bits per heavy atom. The van der Waals surface area contributed by atoms with Crippen molar-refractivity contribution in [2.75, 3.05) is 10.6 Å². The Hall–Kier alpha value is -3.27. The second-order valence-electron chi connectivity index (χ2n) is 7.27. The lowest BCUT2D eigenvalue weighted by Gasteiger charge is -2.28. The number of benzene rings is 1. The molecule has 2 N–H and O–H groups in total. The van der Waals surface area contributed by atoms with Crippen molar-refractivity contribution in [3.05, 3.63) is 47.3 Å². The summed E-state index contributed by atoms with van der Waals surface area (Å²) in [5, 5.41) is 15.6. The Labute approximate surface area is 183 Å². The van der Waals surface area contributed by atoms with E-state index in [-0.39, 0.29) is 24.0 Å². The van der Waals surface area contributed by atoms with Gasteiger partial charge in [-0.15, -0.1) is 16.4 Å². The van der Waals surface area contributed by atoms with Crippen LogP contribution in [0.5, 0.6) is 0 Å². The summed E-state index contributed by atoms with van der Waals surface area (Å²) in [6, 6.07) is 7.86. The molecular weight excluding hydrogens is 418 g/mol. The molecule has 0 atom stereocenters. The number of hydrogen-bond acceptors (Lipinski definition) is 9. The molecule has 2 heterocycles. The first-order chi connectivity index (χ1) is 15.1. The average Bonchev–Trinajstić information content (AvgIpc) is 3.47. The molecule has 1 aliphatic rings. The first kappa shape index (κ1) is 21.0. The second-order valence-corrected chi connectivity index (χ2v) is 8.16. The smallest absolute Gasteiger partial charge is 0.322 e. The van der Waals surface area contributed by atoms with E-state index >= 15 is 0 Å². The predicted octanol–water partition coefficient (Wildman–Crippen LogP) is 4.50. The zero-order chi connectivity index (χ0) is 21.6. The zero-order valence-corrected chi connectivity index (χ0v) is 17.9. The van der Waals surface area contributed by atoms with E-state index in [4.69, 9.17) is 9.15 Å². The maximum Gasteiger partial charge on any atom is 0.322 e. The lowest BCUT2D eigenvalue weighted by atomic mass is 9.82. The Morgan fingerprint density at radius 2 is 1.94 bits per heavy atom. The molecule has 0 spiro atoms. The molecule has 1 aromatic carbocycles. The van der Waals surface area contributed by atoms with Crippen LogP contribution in [-0.4, -0.2) is 33.2 Å². The number of carbonyl (C=O) groups excluding carboxylic acids is 2. The van der Waals surface area contributed by atoms with Crippen LogP contribution in [-0.2, 0) is 9.53 Å². The van der Waals surface area contributed by atoms with E-state index < -0.39 is 5.91 Å². The molecule has 0 unspecified atom stereocenters. The molecule has 1 fully saturated rings. The summed E-state index contributed by atoms with van der Waals surface area (Å²) in [4.78, 5) is 27.9. The fraction of sp³-hybridized carbons (Fsp3) is 0.381. The number of aromatic nitrogens is 3. The van der Waals surface area contributed by atoms with E-state index in [1.165, 1.54) is 16.9 Å². The quantitative estimate of drug-likeness (QED) is 0.514. The number of amides is 1. The summed E-state index contributed by atoms with van der Waals surface area (Å²) in [5.41, 5.74) is 1.86. The average molecular weight is 442 g/mol. The molecule has 162 valence electrons. The third kappa shape index (κ3) is 5.46. The van der Waals surface area contributed by atoms with Crippen molar-refractivity contribution in [1.82, 2.24) is 15.2 Å². The van der Waals surface area contributed by atoms with Crippen molar-refractivity contribution >= 4 is 40.0 Å². The topological polar surface area (TPSA) is 119 Å². The third-order valence-electron chi connectivity index (χ3n) is 5.17. The van der Waals surface area contributed by atoms with E-state index in [1.807, 2.05) is 36.6 Å².